The van der Waals surface area contributed by atoms with Gasteiger partial charge < -0.3 is 9.84 Å². The van der Waals surface area contributed by atoms with Gasteiger partial charge >= 0.3 is 0 Å². The number of fused-ring (bicyclic) bond motifs is 1. The molecule has 118 valence electrons. The van der Waals surface area contributed by atoms with Crippen molar-refractivity contribution in [2.45, 2.75) is 6.92 Å². The number of hydrogen-bond acceptors (Lipinski definition) is 5. The van der Waals surface area contributed by atoms with E-state index in [0.29, 0.717) is 22.2 Å². The van der Waals surface area contributed by atoms with Crippen molar-refractivity contribution < 1.29 is 4.52 Å². The number of nitrogens with one attached hydrogen (secondary N) is 1. The van der Waals surface area contributed by atoms with Crippen LogP contribution in [0.1, 0.15) is 5.56 Å². The van der Waals surface area contributed by atoms with E-state index in [1.807, 2.05) is 55.5 Å². The number of anilines is 2. The minimum absolute atomic E-state index is 0.426. The normalized spacial score (nSPS) is 10.9. The van der Waals surface area contributed by atoms with Crippen LogP contribution in [0.25, 0.3) is 22.4 Å². The molecular formula is C18H13ClN4O. The molecule has 0 aliphatic carbocycles. The number of nitrogens with zero attached hydrogens (tertiary/aromatic N) is 3. The molecule has 0 spiro atoms. The van der Waals surface area contributed by atoms with Gasteiger partial charge in [0.25, 0.3) is 5.71 Å². The van der Waals surface area contributed by atoms with E-state index in [4.69, 9.17) is 16.1 Å². The van der Waals surface area contributed by atoms with Crippen LogP contribution in [-0.2, 0) is 0 Å². The zero-order valence-electron chi connectivity index (χ0n) is 12.8. The van der Waals surface area contributed by atoms with Crippen LogP contribution in [0.15, 0.2) is 59.4 Å². The van der Waals surface area contributed by atoms with Gasteiger partial charge in [-0.05, 0) is 31.2 Å². The maximum Gasteiger partial charge on any atom is 0.263 e. The molecule has 24 heavy (non-hydrogen) atoms. The van der Waals surface area contributed by atoms with Gasteiger partial charge in [0.05, 0.1) is 0 Å². The van der Waals surface area contributed by atoms with Crippen LogP contribution < -0.4 is 5.32 Å². The lowest BCUT2D eigenvalue weighted by molar-refractivity contribution is 0.451. The summed E-state index contributed by atoms with van der Waals surface area (Å²) in [5.41, 5.74) is 4.05. The summed E-state index contributed by atoms with van der Waals surface area (Å²) in [6.07, 6.45) is 1.45. The van der Waals surface area contributed by atoms with Crippen molar-refractivity contribution in [2.75, 3.05) is 5.32 Å². The first kappa shape index (κ1) is 14.7. The van der Waals surface area contributed by atoms with Crippen molar-refractivity contribution >= 4 is 34.2 Å². The third-order valence-electron chi connectivity index (χ3n) is 3.69. The monoisotopic (exact) mass is 336 g/mol. The van der Waals surface area contributed by atoms with Gasteiger partial charge in [-0.25, -0.2) is 4.98 Å². The highest BCUT2D eigenvalue weighted by atomic mass is 35.5. The fourth-order valence-corrected chi connectivity index (χ4v) is 2.68. The molecule has 0 amide bonds. The Bertz CT molecular complexity index is 1010. The SMILES string of the molecule is Cc1ccc(Nc2ncnc3onc(-c4cccc(Cl)c4)c23)cc1. The van der Waals surface area contributed by atoms with Gasteiger partial charge in [0.2, 0.25) is 0 Å². The van der Waals surface area contributed by atoms with Crippen molar-refractivity contribution in [1.82, 2.24) is 15.1 Å². The number of aryl methyl sites for hydroxylation is 1. The van der Waals surface area contributed by atoms with E-state index < -0.39 is 0 Å². The van der Waals surface area contributed by atoms with Gasteiger partial charge in [-0.2, -0.15) is 4.98 Å². The molecule has 4 rings (SSSR count). The Hall–Kier alpha value is -2.92. The Labute approximate surface area is 143 Å². The third-order valence-corrected chi connectivity index (χ3v) is 3.92. The summed E-state index contributed by atoms with van der Waals surface area (Å²) in [6, 6.07) is 15.5. The lowest BCUT2D eigenvalue weighted by atomic mass is 10.1. The second-order valence-corrected chi connectivity index (χ2v) is 5.87. The molecule has 1 N–H and O–H groups in total. The molecule has 6 heteroatoms. The Morgan fingerprint density at radius 3 is 2.67 bits per heavy atom. The lowest BCUT2D eigenvalue weighted by Crippen LogP contribution is -1.95. The van der Waals surface area contributed by atoms with E-state index in [2.05, 4.69) is 20.4 Å². The average molecular weight is 337 g/mol. The fourth-order valence-electron chi connectivity index (χ4n) is 2.49. The summed E-state index contributed by atoms with van der Waals surface area (Å²) in [5.74, 6) is 0.639. The number of rotatable bonds is 3. The summed E-state index contributed by atoms with van der Waals surface area (Å²) in [6.45, 7) is 2.05. The number of aromatic nitrogens is 3. The zero-order valence-corrected chi connectivity index (χ0v) is 13.6. The van der Waals surface area contributed by atoms with E-state index in [1.54, 1.807) is 0 Å². The Morgan fingerprint density at radius 2 is 1.88 bits per heavy atom. The van der Waals surface area contributed by atoms with Gasteiger partial charge in [0.1, 0.15) is 23.2 Å². The third kappa shape index (κ3) is 2.70. The molecule has 5 nitrogen and oxygen atoms in total. The topological polar surface area (TPSA) is 63.8 Å². The molecular weight excluding hydrogens is 324 g/mol. The van der Waals surface area contributed by atoms with E-state index in [-0.39, 0.29) is 0 Å². The molecule has 2 heterocycles. The minimum Gasteiger partial charge on any atom is -0.339 e. The first-order valence-corrected chi connectivity index (χ1v) is 7.78. The zero-order chi connectivity index (χ0) is 16.5. The van der Waals surface area contributed by atoms with Crippen molar-refractivity contribution in [1.29, 1.82) is 0 Å². The Balaban J connectivity index is 1.84. The summed E-state index contributed by atoms with van der Waals surface area (Å²) < 4.78 is 5.36. The second-order valence-electron chi connectivity index (χ2n) is 5.43. The average Bonchev–Trinajstić information content (AvgIpc) is 3.02. The van der Waals surface area contributed by atoms with Crippen LogP contribution in [0.2, 0.25) is 5.02 Å². The van der Waals surface area contributed by atoms with Crippen LogP contribution in [0, 0.1) is 6.92 Å². The number of halogens is 1. The molecule has 0 bridgehead atoms. The van der Waals surface area contributed by atoms with Crippen molar-refractivity contribution in [3.8, 4) is 11.3 Å². The van der Waals surface area contributed by atoms with Crippen molar-refractivity contribution in [3.63, 3.8) is 0 Å². The van der Waals surface area contributed by atoms with Crippen LogP contribution in [0.3, 0.4) is 0 Å². The van der Waals surface area contributed by atoms with E-state index >= 15 is 0 Å². The molecule has 0 aliphatic heterocycles. The van der Waals surface area contributed by atoms with Gasteiger partial charge in [-0.1, -0.05) is 46.6 Å². The molecule has 0 saturated carbocycles. The van der Waals surface area contributed by atoms with Crippen LogP contribution >= 0.6 is 11.6 Å². The molecule has 0 aliphatic rings. The first-order valence-electron chi connectivity index (χ1n) is 7.41. The van der Waals surface area contributed by atoms with E-state index in [0.717, 1.165) is 16.6 Å². The quantitative estimate of drug-likeness (QED) is 0.571. The van der Waals surface area contributed by atoms with E-state index in [1.165, 1.54) is 11.9 Å². The summed E-state index contributed by atoms with van der Waals surface area (Å²) in [4.78, 5) is 8.50. The summed E-state index contributed by atoms with van der Waals surface area (Å²) >= 11 is 6.09. The van der Waals surface area contributed by atoms with E-state index in [9.17, 15) is 0 Å². The predicted molar refractivity (Wildman–Crippen MR) is 94.5 cm³/mol. The molecule has 0 radical (unpaired) electrons. The molecule has 0 unspecified atom stereocenters. The van der Waals surface area contributed by atoms with Gasteiger partial charge in [0.15, 0.2) is 0 Å². The van der Waals surface area contributed by atoms with Crippen molar-refractivity contribution in [3.05, 3.63) is 65.4 Å². The first-order chi connectivity index (χ1) is 11.7. The lowest BCUT2D eigenvalue weighted by Gasteiger charge is -2.07. The van der Waals surface area contributed by atoms with Gasteiger partial charge in [-0.15, -0.1) is 0 Å². The molecule has 0 fully saturated rings. The predicted octanol–water partition coefficient (Wildman–Crippen LogP) is 4.99. The Morgan fingerprint density at radius 1 is 1.04 bits per heavy atom. The molecule has 2 aromatic carbocycles. The largest absolute Gasteiger partial charge is 0.339 e. The minimum atomic E-state index is 0.426. The standard InChI is InChI=1S/C18H13ClN4O/c1-11-5-7-14(8-6-11)22-17-15-16(12-3-2-4-13(19)9-12)23-24-18(15)21-10-20-17/h2-10H,1H3,(H,20,21,22). The number of benzene rings is 2. The smallest absolute Gasteiger partial charge is 0.263 e. The molecule has 2 aromatic heterocycles. The maximum atomic E-state index is 6.09. The van der Waals surface area contributed by atoms with Gasteiger partial charge in [-0.3, -0.25) is 0 Å². The fraction of sp³-hybridized carbons (Fsp3) is 0.0556. The van der Waals surface area contributed by atoms with Crippen LogP contribution in [0.4, 0.5) is 11.5 Å². The molecule has 0 saturated heterocycles. The Kier molecular flexibility index (Phi) is 3.63. The maximum absolute atomic E-state index is 6.09. The van der Waals surface area contributed by atoms with Gasteiger partial charge in [0, 0.05) is 16.3 Å². The highest BCUT2D eigenvalue weighted by molar-refractivity contribution is 6.30. The van der Waals surface area contributed by atoms with Crippen molar-refractivity contribution in [2.24, 2.45) is 0 Å². The summed E-state index contributed by atoms with van der Waals surface area (Å²) in [7, 11) is 0. The highest BCUT2D eigenvalue weighted by Crippen LogP contribution is 2.33. The highest BCUT2D eigenvalue weighted by Gasteiger charge is 2.17. The molecule has 4 aromatic rings. The van der Waals surface area contributed by atoms with Crippen LogP contribution in [-0.4, -0.2) is 15.1 Å². The summed E-state index contributed by atoms with van der Waals surface area (Å²) in [5, 5.41) is 8.80. The van der Waals surface area contributed by atoms with Crippen LogP contribution in [0.5, 0.6) is 0 Å². The number of hydrogen-bond donors (Lipinski definition) is 1. The second kappa shape index (κ2) is 5.94. The molecule has 0 atom stereocenters.